The predicted molar refractivity (Wildman–Crippen MR) is 95.3 cm³/mol. The minimum absolute atomic E-state index is 0.0588. The first-order valence-electron chi connectivity index (χ1n) is 8.86. The lowest BCUT2D eigenvalue weighted by Gasteiger charge is -2.41. The topological polar surface area (TPSA) is 73.4 Å². The summed E-state index contributed by atoms with van der Waals surface area (Å²) < 4.78 is 7.89. The number of nitrogen functional groups attached to an aromatic ring is 1. The lowest BCUT2D eigenvalue weighted by Crippen LogP contribution is -2.51. The molecule has 2 heterocycles. The van der Waals surface area contributed by atoms with Gasteiger partial charge in [-0.1, -0.05) is 24.3 Å². The summed E-state index contributed by atoms with van der Waals surface area (Å²) in [7, 11) is 0. The highest BCUT2D eigenvalue weighted by Crippen LogP contribution is 2.42. The Hall–Kier alpha value is -2.34. The standard InChI is InChI=1S/C19H24N4O2/c1-13(2)23-17(20)15(11-21-23)18(24)22-9-10-25-19(12-22)8-7-14-5-3-4-6-16(14)19/h3-6,11,13H,7-10,12,20H2,1-2H3. The Morgan fingerprint density at radius 3 is 2.92 bits per heavy atom. The molecule has 1 atom stereocenters. The van der Waals surface area contributed by atoms with Crippen molar-refractivity contribution in [2.24, 2.45) is 0 Å². The number of anilines is 1. The maximum Gasteiger partial charge on any atom is 0.259 e. The second-order valence-corrected chi connectivity index (χ2v) is 7.21. The third-order valence-electron chi connectivity index (χ3n) is 5.33. The van der Waals surface area contributed by atoms with Gasteiger partial charge in [-0.3, -0.25) is 4.79 Å². The van der Waals surface area contributed by atoms with Gasteiger partial charge in [0.2, 0.25) is 0 Å². The third-order valence-corrected chi connectivity index (χ3v) is 5.33. The largest absolute Gasteiger partial charge is 0.383 e. The van der Waals surface area contributed by atoms with Crippen molar-refractivity contribution in [3.05, 3.63) is 47.2 Å². The lowest BCUT2D eigenvalue weighted by atomic mass is 9.93. The SMILES string of the molecule is CC(C)n1ncc(C(=O)N2CCOC3(CCc4ccccc43)C2)c1N. The molecule has 1 aliphatic carbocycles. The van der Waals surface area contributed by atoms with Crippen LogP contribution in [0.1, 0.15) is 47.8 Å². The predicted octanol–water partition coefficient (Wildman–Crippen LogP) is 2.36. The second kappa shape index (κ2) is 5.88. The van der Waals surface area contributed by atoms with E-state index in [1.54, 1.807) is 10.9 Å². The number of hydrogen-bond acceptors (Lipinski definition) is 4. The highest BCUT2D eigenvalue weighted by atomic mass is 16.5. The molecular weight excluding hydrogens is 316 g/mol. The van der Waals surface area contributed by atoms with Crippen molar-refractivity contribution in [2.45, 2.75) is 38.3 Å². The van der Waals surface area contributed by atoms with E-state index < -0.39 is 0 Å². The zero-order valence-corrected chi connectivity index (χ0v) is 14.7. The number of hydrogen-bond donors (Lipinski definition) is 1. The van der Waals surface area contributed by atoms with Crippen LogP contribution in [0.2, 0.25) is 0 Å². The first-order valence-corrected chi connectivity index (χ1v) is 8.86. The molecule has 2 N–H and O–H groups in total. The Morgan fingerprint density at radius 1 is 1.36 bits per heavy atom. The summed E-state index contributed by atoms with van der Waals surface area (Å²) in [4.78, 5) is 14.9. The van der Waals surface area contributed by atoms with Crippen molar-refractivity contribution in [2.75, 3.05) is 25.4 Å². The van der Waals surface area contributed by atoms with E-state index in [0.29, 0.717) is 31.1 Å². The molecule has 0 saturated carbocycles. The van der Waals surface area contributed by atoms with Crippen molar-refractivity contribution in [1.82, 2.24) is 14.7 Å². The fourth-order valence-electron chi connectivity index (χ4n) is 4.04. The Kier molecular flexibility index (Phi) is 3.80. The fraction of sp³-hybridized carbons (Fsp3) is 0.474. The molecule has 4 rings (SSSR count). The van der Waals surface area contributed by atoms with Crippen molar-refractivity contribution in [3.8, 4) is 0 Å². The number of amides is 1. The number of aryl methyl sites for hydroxylation is 1. The summed E-state index contributed by atoms with van der Waals surface area (Å²) in [6.45, 7) is 5.68. The molecule has 2 aromatic rings. The number of morpholine rings is 1. The highest BCUT2D eigenvalue weighted by molar-refractivity contribution is 5.98. The van der Waals surface area contributed by atoms with Gasteiger partial charge in [-0.05, 0) is 37.8 Å². The number of carbonyl (C=O) groups excluding carboxylic acids is 1. The summed E-state index contributed by atoms with van der Waals surface area (Å²) in [6.07, 6.45) is 3.49. The van der Waals surface area contributed by atoms with Crippen LogP contribution in [0.25, 0.3) is 0 Å². The van der Waals surface area contributed by atoms with Crippen molar-refractivity contribution in [1.29, 1.82) is 0 Å². The number of ether oxygens (including phenoxy) is 1. The minimum Gasteiger partial charge on any atom is -0.383 e. The Balaban J connectivity index is 1.61. The fourth-order valence-corrected chi connectivity index (χ4v) is 4.04. The molecule has 1 aromatic carbocycles. The molecule has 1 spiro atoms. The molecule has 6 heteroatoms. The van der Waals surface area contributed by atoms with E-state index in [1.807, 2.05) is 24.8 Å². The maximum atomic E-state index is 13.0. The normalized spacial score (nSPS) is 22.6. The molecule has 1 unspecified atom stereocenters. The maximum absolute atomic E-state index is 13.0. The van der Waals surface area contributed by atoms with Crippen LogP contribution in [0.4, 0.5) is 5.82 Å². The van der Waals surface area contributed by atoms with E-state index in [1.165, 1.54) is 11.1 Å². The van der Waals surface area contributed by atoms with Gasteiger partial charge in [0.05, 0.1) is 19.3 Å². The van der Waals surface area contributed by atoms with Gasteiger partial charge in [-0.2, -0.15) is 5.10 Å². The average Bonchev–Trinajstić information content (AvgIpc) is 3.16. The van der Waals surface area contributed by atoms with Gasteiger partial charge < -0.3 is 15.4 Å². The van der Waals surface area contributed by atoms with E-state index in [4.69, 9.17) is 10.5 Å². The Bertz CT molecular complexity index is 810. The van der Waals surface area contributed by atoms with Crippen molar-refractivity contribution in [3.63, 3.8) is 0 Å². The number of nitrogens with zero attached hydrogens (tertiary/aromatic N) is 3. The van der Waals surface area contributed by atoms with Crippen LogP contribution in [0.3, 0.4) is 0 Å². The van der Waals surface area contributed by atoms with Crippen LogP contribution in [0, 0.1) is 0 Å². The number of rotatable bonds is 2. The molecule has 132 valence electrons. The molecule has 0 bridgehead atoms. The van der Waals surface area contributed by atoms with Gasteiger partial charge >= 0.3 is 0 Å². The van der Waals surface area contributed by atoms with E-state index in [2.05, 4.69) is 23.3 Å². The summed E-state index contributed by atoms with van der Waals surface area (Å²) in [5, 5.41) is 4.27. The van der Waals surface area contributed by atoms with Gasteiger partial charge in [0.1, 0.15) is 17.0 Å². The van der Waals surface area contributed by atoms with Gasteiger partial charge in [0, 0.05) is 12.6 Å². The monoisotopic (exact) mass is 340 g/mol. The summed E-state index contributed by atoms with van der Waals surface area (Å²) in [5.74, 6) is 0.379. The lowest BCUT2D eigenvalue weighted by molar-refractivity contribution is -0.103. The van der Waals surface area contributed by atoms with E-state index in [9.17, 15) is 4.79 Å². The molecule has 25 heavy (non-hydrogen) atoms. The van der Waals surface area contributed by atoms with Crippen LogP contribution in [-0.4, -0.2) is 40.3 Å². The minimum atomic E-state index is -0.382. The average molecular weight is 340 g/mol. The highest BCUT2D eigenvalue weighted by Gasteiger charge is 2.44. The van der Waals surface area contributed by atoms with Crippen LogP contribution >= 0.6 is 0 Å². The molecule has 1 fully saturated rings. The number of carbonyl (C=O) groups is 1. The molecule has 2 aliphatic rings. The molecule has 1 aliphatic heterocycles. The molecule has 6 nitrogen and oxygen atoms in total. The summed E-state index contributed by atoms with van der Waals surface area (Å²) >= 11 is 0. The molecule has 0 radical (unpaired) electrons. The van der Waals surface area contributed by atoms with Crippen LogP contribution in [0.5, 0.6) is 0 Å². The van der Waals surface area contributed by atoms with Gasteiger partial charge in [-0.25, -0.2) is 4.68 Å². The van der Waals surface area contributed by atoms with E-state index >= 15 is 0 Å². The molecule has 1 aromatic heterocycles. The van der Waals surface area contributed by atoms with Crippen molar-refractivity contribution >= 4 is 11.7 Å². The Labute approximate surface area is 147 Å². The van der Waals surface area contributed by atoms with Crippen LogP contribution in [0.15, 0.2) is 30.5 Å². The molecular formula is C19H24N4O2. The number of fused-ring (bicyclic) bond motifs is 2. The smallest absolute Gasteiger partial charge is 0.259 e. The number of aromatic nitrogens is 2. The zero-order valence-electron chi connectivity index (χ0n) is 14.7. The first-order chi connectivity index (χ1) is 12.0. The van der Waals surface area contributed by atoms with Gasteiger partial charge in [-0.15, -0.1) is 0 Å². The van der Waals surface area contributed by atoms with E-state index in [0.717, 1.165) is 12.8 Å². The molecule has 1 saturated heterocycles. The van der Waals surface area contributed by atoms with Crippen LogP contribution < -0.4 is 5.73 Å². The third kappa shape index (κ3) is 2.52. The molecule has 1 amide bonds. The zero-order chi connectivity index (χ0) is 17.6. The second-order valence-electron chi connectivity index (χ2n) is 7.21. The summed E-state index contributed by atoms with van der Waals surface area (Å²) in [6, 6.07) is 8.50. The summed E-state index contributed by atoms with van der Waals surface area (Å²) in [5.41, 5.74) is 8.80. The van der Waals surface area contributed by atoms with E-state index in [-0.39, 0.29) is 17.6 Å². The van der Waals surface area contributed by atoms with Gasteiger partial charge in [0.15, 0.2) is 0 Å². The quantitative estimate of drug-likeness (QED) is 0.911. The first kappa shape index (κ1) is 16.1. The number of benzene rings is 1. The Morgan fingerprint density at radius 2 is 2.16 bits per heavy atom. The van der Waals surface area contributed by atoms with Gasteiger partial charge in [0.25, 0.3) is 5.91 Å². The van der Waals surface area contributed by atoms with Crippen LogP contribution in [-0.2, 0) is 16.8 Å². The number of nitrogens with two attached hydrogens (primary N) is 1. The van der Waals surface area contributed by atoms with Crippen molar-refractivity contribution < 1.29 is 9.53 Å².